The molecule has 0 radical (unpaired) electrons. The van der Waals surface area contributed by atoms with Crippen molar-refractivity contribution in [1.29, 1.82) is 0 Å². The molecule has 1 atom stereocenters. The van der Waals surface area contributed by atoms with E-state index in [0.29, 0.717) is 0 Å². The van der Waals surface area contributed by atoms with Crippen LogP contribution < -0.4 is 11.1 Å². The Labute approximate surface area is 48.6 Å². The molecule has 3 N–H and O–H groups in total. The summed E-state index contributed by atoms with van der Waals surface area (Å²) in [5.74, 6) is -0.141. The summed E-state index contributed by atoms with van der Waals surface area (Å²) in [6, 6.07) is 0. The topological polar surface area (TPSA) is 55.1 Å². The van der Waals surface area contributed by atoms with Gasteiger partial charge in [-0.15, -0.1) is 0 Å². The van der Waals surface area contributed by atoms with Gasteiger partial charge in [0.05, 0.1) is 6.17 Å². The molecule has 0 aliphatic heterocycles. The average Bonchev–Trinajstić information content (AvgIpc) is 1.65. The van der Waals surface area contributed by atoms with E-state index in [0.717, 1.165) is 0 Å². The van der Waals surface area contributed by atoms with Crippen LogP contribution in [0.5, 0.6) is 0 Å². The summed E-state index contributed by atoms with van der Waals surface area (Å²) in [6.07, 6.45) is 1.05. The third kappa shape index (κ3) is 3.36. The number of amides is 1. The minimum absolute atomic E-state index is 0.141. The first-order valence-electron chi connectivity index (χ1n) is 2.32. The Kier molecular flexibility index (Phi) is 2.88. The highest BCUT2D eigenvalue weighted by atomic mass is 16.1. The first kappa shape index (κ1) is 7.17. The average molecular weight is 114 g/mol. The van der Waals surface area contributed by atoms with Gasteiger partial charge in [-0.3, -0.25) is 4.79 Å². The first-order chi connectivity index (χ1) is 3.66. The fourth-order valence-electron chi connectivity index (χ4n) is 0.294. The lowest BCUT2D eigenvalue weighted by Crippen LogP contribution is -2.38. The lowest BCUT2D eigenvalue weighted by atomic mass is 10.5. The van der Waals surface area contributed by atoms with Crippen LogP contribution in [0.4, 0.5) is 0 Å². The number of nitrogens with two attached hydrogens (primary N) is 1. The van der Waals surface area contributed by atoms with Gasteiger partial charge in [0.1, 0.15) is 0 Å². The van der Waals surface area contributed by atoms with Gasteiger partial charge in [-0.1, -0.05) is 12.7 Å². The molecule has 0 bridgehead atoms. The van der Waals surface area contributed by atoms with Crippen LogP contribution in [-0.4, -0.2) is 12.1 Å². The maximum Gasteiger partial charge on any atom is 0.218 e. The summed E-state index contributed by atoms with van der Waals surface area (Å²) < 4.78 is 0. The Balaban J connectivity index is 3.38. The molecule has 0 aliphatic carbocycles. The molecular formula is C5H10N2O. The highest BCUT2D eigenvalue weighted by Crippen LogP contribution is 1.69. The summed E-state index contributed by atoms with van der Waals surface area (Å²) in [6.45, 7) is 4.78. The number of nitrogens with one attached hydrogen (secondary N) is 1. The molecule has 1 amide bonds. The van der Waals surface area contributed by atoms with E-state index in [2.05, 4.69) is 11.9 Å². The second-order valence-corrected chi connectivity index (χ2v) is 1.46. The summed E-state index contributed by atoms with van der Waals surface area (Å²) in [5.41, 5.74) is 5.22. The van der Waals surface area contributed by atoms with E-state index in [1.807, 2.05) is 0 Å². The molecule has 0 heterocycles. The molecule has 0 aromatic rings. The van der Waals surface area contributed by atoms with Gasteiger partial charge in [-0.25, -0.2) is 0 Å². The normalized spacial score (nSPS) is 12.2. The first-order valence-corrected chi connectivity index (χ1v) is 2.32. The highest BCUT2D eigenvalue weighted by molar-refractivity contribution is 5.73. The standard InChI is InChI=1S/C5H10N2O/c1-3-5(6)7-4(2)8/h3,5H,1,6H2,2H3,(H,7,8). The fourth-order valence-corrected chi connectivity index (χ4v) is 0.294. The quantitative estimate of drug-likeness (QED) is 0.379. The Hall–Kier alpha value is -0.830. The van der Waals surface area contributed by atoms with Crippen LogP contribution in [-0.2, 0) is 4.79 Å². The van der Waals surface area contributed by atoms with E-state index in [4.69, 9.17) is 5.73 Å². The van der Waals surface area contributed by atoms with E-state index < -0.39 is 6.17 Å². The van der Waals surface area contributed by atoms with Crippen molar-refractivity contribution in [2.45, 2.75) is 13.1 Å². The summed E-state index contributed by atoms with van der Waals surface area (Å²) in [4.78, 5) is 10.2. The molecule has 0 aliphatic rings. The van der Waals surface area contributed by atoms with Gasteiger partial charge in [0.15, 0.2) is 0 Å². The van der Waals surface area contributed by atoms with Crippen LogP contribution >= 0.6 is 0 Å². The van der Waals surface area contributed by atoms with Crippen molar-refractivity contribution in [2.75, 3.05) is 0 Å². The number of hydrogen-bond acceptors (Lipinski definition) is 2. The van der Waals surface area contributed by atoms with Gasteiger partial charge in [0.2, 0.25) is 5.91 Å². The van der Waals surface area contributed by atoms with Gasteiger partial charge in [-0.05, 0) is 0 Å². The van der Waals surface area contributed by atoms with E-state index in [9.17, 15) is 4.79 Å². The zero-order chi connectivity index (χ0) is 6.57. The van der Waals surface area contributed by atoms with E-state index in [-0.39, 0.29) is 5.91 Å². The zero-order valence-corrected chi connectivity index (χ0v) is 4.85. The minimum Gasteiger partial charge on any atom is -0.338 e. The highest BCUT2D eigenvalue weighted by Gasteiger charge is 1.93. The van der Waals surface area contributed by atoms with Gasteiger partial charge < -0.3 is 11.1 Å². The monoisotopic (exact) mass is 114 g/mol. The molecule has 3 nitrogen and oxygen atoms in total. The fraction of sp³-hybridized carbons (Fsp3) is 0.400. The lowest BCUT2D eigenvalue weighted by molar-refractivity contribution is -0.119. The maximum absolute atomic E-state index is 10.2. The molecule has 0 spiro atoms. The smallest absolute Gasteiger partial charge is 0.218 e. The zero-order valence-electron chi connectivity index (χ0n) is 4.85. The number of carbonyl (C=O) groups is 1. The van der Waals surface area contributed by atoms with Crippen LogP contribution in [0.15, 0.2) is 12.7 Å². The molecule has 3 heteroatoms. The van der Waals surface area contributed by atoms with Crippen LogP contribution in [0.25, 0.3) is 0 Å². The predicted molar refractivity (Wildman–Crippen MR) is 32.0 cm³/mol. The second-order valence-electron chi connectivity index (χ2n) is 1.46. The molecule has 0 aromatic heterocycles. The van der Waals surface area contributed by atoms with Gasteiger partial charge in [0, 0.05) is 6.92 Å². The van der Waals surface area contributed by atoms with Gasteiger partial charge >= 0.3 is 0 Å². The van der Waals surface area contributed by atoms with Crippen LogP contribution in [0.1, 0.15) is 6.92 Å². The third-order valence-electron chi connectivity index (χ3n) is 0.624. The molecule has 0 fully saturated rings. The van der Waals surface area contributed by atoms with Crippen LogP contribution in [0.3, 0.4) is 0 Å². The minimum atomic E-state index is -0.410. The van der Waals surface area contributed by atoms with Crippen molar-refractivity contribution in [3.63, 3.8) is 0 Å². The van der Waals surface area contributed by atoms with Crippen molar-refractivity contribution >= 4 is 5.91 Å². The Morgan fingerprint density at radius 1 is 2.00 bits per heavy atom. The predicted octanol–water partition coefficient (Wildman–Crippen LogP) is -0.407. The number of rotatable bonds is 2. The Bertz CT molecular complexity index is 101. The van der Waals surface area contributed by atoms with Crippen molar-refractivity contribution in [3.8, 4) is 0 Å². The van der Waals surface area contributed by atoms with Crippen molar-refractivity contribution in [3.05, 3.63) is 12.7 Å². The van der Waals surface area contributed by atoms with E-state index in [1.54, 1.807) is 0 Å². The third-order valence-corrected chi connectivity index (χ3v) is 0.624. The van der Waals surface area contributed by atoms with Crippen molar-refractivity contribution < 1.29 is 4.79 Å². The lowest BCUT2D eigenvalue weighted by Gasteiger charge is -2.04. The molecule has 0 saturated carbocycles. The summed E-state index contributed by atoms with van der Waals surface area (Å²) >= 11 is 0. The number of carbonyl (C=O) groups excluding carboxylic acids is 1. The Morgan fingerprint density at radius 2 is 2.50 bits per heavy atom. The van der Waals surface area contributed by atoms with Gasteiger partial charge in [0.25, 0.3) is 0 Å². The second kappa shape index (κ2) is 3.21. The number of hydrogen-bond donors (Lipinski definition) is 2. The maximum atomic E-state index is 10.2. The molecule has 0 rings (SSSR count). The van der Waals surface area contributed by atoms with Gasteiger partial charge in [-0.2, -0.15) is 0 Å². The molecule has 0 saturated heterocycles. The SMILES string of the molecule is C=CC(N)NC(C)=O. The van der Waals surface area contributed by atoms with Crippen molar-refractivity contribution in [1.82, 2.24) is 5.32 Å². The van der Waals surface area contributed by atoms with Crippen LogP contribution in [0, 0.1) is 0 Å². The molecule has 1 unspecified atom stereocenters. The van der Waals surface area contributed by atoms with E-state index in [1.165, 1.54) is 13.0 Å². The molecule has 0 aromatic carbocycles. The molecule has 8 heavy (non-hydrogen) atoms. The Morgan fingerprint density at radius 3 is 2.62 bits per heavy atom. The molecular weight excluding hydrogens is 104 g/mol. The van der Waals surface area contributed by atoms with Crippen LogP contribution in [0.2, 0.25) is 0 Å². The van der Waals surface area contributed by atoms with E-state index >= 15 is 0 Å². The summed E-state index contributed by atoms with van der Waals surface area (Å²) in [5, 5.41) is 2.41. The largest absolute Gasteiger partial charge is 0.338 e. The van der Waals surface area contributed by atoms with Crippen molar-refractivity contribution in [2.24, 2.45) is 5.73 Å². The molecule has 46 valence electrons. The summed E-state index contributed by atoms with van der Waals surface area (Å²) in [7, 11) is 0.